The highest BCUT2D eigenvalue weighted by molar-refractivity contribution is 7.15. The largest absolute Gasteiger partial charge is 0.391 e. The summed E-state index contributed by atoms with van der Waals surface area (Å²) in [5.74, 6) is 0. The van der Waals surface area contributed by atoms with Crippen LogP contribution < -0.4 is 4.90 Å². The van der Waals surface area contributed by atoms with Gasteiger partial charge in [0.25, 0.3) is 0 Å². The van der Waals surface area contributed by atoms with Crippen molar-refractivity contribution in [2.75, 3.05) is 19.0 Å². The summed E-state index contributed by atoms with van der Waals surface area (Å²) in [5.41, 5.74) is 1.05. The SMILES string of the molecule is CCCc1nc(N(C)C)sc1CO. The number of aromatic nitrogens is 1. The van der Waals surface area contributed by atoms with E-state index in [1.165, 1.54) is 0 Å². The smallest absolute Gasteiger partial charge is 0.185 e. The molecule has 0 amide bonds. The maximum atomic E-state index is 9.09. The Morgan fingerprint density at radius 3 is 2.62 bits per heavy atom. The van der Waals surface area contributed by atoms with E-state index in [2.05, 4.69) is 11.9 Å². The third-order valence-corrected chi connectivity index (χ3v) is 3.03. The summed E-state index contributed by atoms with van der Waals surface area (Å²) in [7, 11) is 3.94. The molecule has 4 heteroatoms. The van der Waals surface area contributed by atoms with E-state index < -0.39 is 0 Å². The molecule has 0 spiro atoms. The summed E-state index contributed by atoms with van der Waals surface area (Å²) in [6, 6.07) is 0. The molecule has 74 valence electrons. The fourth-order valence-electron chi connectivity index (χ4n) is 1.12. The van der Waals surface area contributed by atoms with Crippen LogP contribution in [0.4, 0.5) is 5.13 Å². The van der Waals surface area contributed by atoms with Crippen molar-refractivity contribution < 1.29 is 5.11 Å². The Morgan fingerprint density at radius 2 is 2.15 bits per heavy atom. The first-order valence-corrected chi connectivity index (χ1v) is 5.27. The van der Waals surface area contributed by atoms with E-state index in [1.54, 1.807) is 11.3 Å². The van der Waals surface area contributed by atoms with Gasteiger partial charge in [-0.2, -0.15) is 0 Å². The maximum Gasteiger partial charge on any atom is 0.185 e. The lowest BCUT2D eigenvalue weighted by Crippen LogP contribution is -2.07. The van der Waals surface area contributed by atoms with E-state index in [-0.39, 0.29) is 6.61 Å². The summed E-state index contributed by atoms with van der Waals surface area (Å²) in [6.07, 6.45) is 2.03. The van der Waals surface area contributed by atoms with Crippen LogP contribution >= 0.6 is 11.3 Å². The number of aliphatic hydroxyl groups excluding tert-OH is 1. The van der Waals surface area contributed by atoms with Crippen LogP contribution in [0.2, 0.25) is 0 Å². The van der Waals surface area contributed by atoms with Gasteiger partial charge in [0.05, 0.1) is 17.2 Å². The van der Waals surface area contributed by atoms with Gasteiger partial charge in [0.2, 0.25) is 0 Å². The lowest BCUT2D eigenvalue weighted by molar-refractivity contribution is 0.284. The molecule has 0 radical (unpaired) electrons. The van der Waals surface area contributed by atoms with Crippen molar-refractivity contribution in [3.63, 3.8) is 0 Å². The molecule has 1 aromatic heterocycles. The van der Waals surface area contributed by atoms with Crippen LogP contribution in [-0.4, -0.2) is 24.2 Å². The van der Waals surface area contributed by atoms with Crippen LogP contribution in [0.25, 0.3) is 0 Å². The minimum atomic E-state index is 0.112. The Kier molecular flexibility index (Phi) is 3.69. The van der Waals surface area contributed by atoms with Gasteiger partial charge in [-0.05, 0) is 6.42 Å². The molecule has 0 aliphatic heterocycles. The molecule has 3 nitrogen and oxygen atoms in total. The van der Waals surface area contributed by atoms with Crippen LogP contribution in [0, 0.1) is 0 Å². The van der Waals surface area contributed by atoms with E-state index in [0.717, 1.165) is 28.5 Å². The van der Waals surface area contributed by atoms with Crippen molar-refractivity contribution in [3.8, 4) is 0 Å². The van der Waals surface area contributed by atoms with Crippen molar-refractivity contribution in [1.29, 1.82) is 0 Å². The molecule has 0 saturated carbocycles. The van der Waals surface area contributed by atoms with Gasteiger partial charge in [-0.15, -0.1) is 0 Å². The zero-order valence-electron chi connectivity index (χ0n) is 8.37. The molecule has 1 N–H and O–H groups in total. The third kappa shape index (κ3) is 2.42. The van der Waals surface area contributed by atoms with Crippen molar-refractivity contribution in [3.05, 3.63) is 10.6 Å². The van der Waals surface area contributed by atoms with Crippen molar-refractivity contribution in [1.82, 2.24) is 4.98 Å². The van der Waals surface area contributed by atoms with Crippen LogP contribution in [-0.2, 0) is 13.0 Å². The normalized spacial score (nSPS) is 10.5. The average molecular weight is 200 g/mol. The van der Waals surface area contributed by atoms with Crippen LogP contribution in [0.15, 0.2) is 0 Å². The Morgan fingerprint density at radius 1 is 1.46 bits per heavy atom. The highest BCUT2D eigenvalue weighted by atomic mass is 32.1. The topological polar surface area (TPSA) is 36.4 Å². The van der Waals surface area contributed by atoms with Gasteiger partial charge in [-0.1, -0.05) is 24.7 Å². The summed E-state index contributed by atoms with van der Waals surface area (Å²) < 4.78 is 0. The number of aryl methyl sites for hydroxylation is 1. The van der Waals surface area contributed by atoms with Crippen LogP contribution in [0.1, 0.15) is 23.9 Å². The summed E-state index contributed by atoms with van der Waals surface area (Å²) in [5, 5.41) is 10.1. The van der Waals surface area contributed by atoms with Gasteiger partial charge in [0.1, 0.15) is 0 Å². The molecule has 0 atom stereocenters. The first kappa shape index (κ1) is 10.5. The Labute approximate surface area is 83.0 Å². The van der Waals surface area contributed by atoms with Gasteiger partial charge < -0.3 is 10.0 Å². The molecular weight excluding hydrogens is 184 g/mol. The van der Waals surface area contributed by atoms with Crippen LogP contribution in [0.3, 0.4) is 0 Å². The first-order chi connectivity index (χ1) is 6.19. The lowest BCUT2D eigenvalue weighted by Gasteiger charge is -2.05. The molecule has 0 bridgehead atoms. The molecule has 13 heavy (non-hydrogen) atoms. The molecule has 1 heterocycles. The van der Waals surface area contributed by atoms with Gasteiger partial charge >= 0.3 is 0 Å². The maximum absolute atomic E-state index is 9.09. The third-order valence-electron chi connectivity index (χ3n) is 1.78. The van der Waals surface area contributed by atoms with E-state index in [9.17, 15) is 0 Å². The van der Waals surface area contributed by atoms with Gasteiger partial charge in [-0.25, -0.2) is 4.98 Å². The predicted octanol–water partition coefficient (Wildman–Crippen LogP) is 1.65. The molecular formula is C9H16N2OS. The standard InChI is InChI=1S/C9H16N2OS/c1-4-5-7-8(6-12)13-9(10-7)11(2)3/h12H,4-6H2,1-3H3. The van der Waals surface area contributed by atoms with Crippen molar-refractivity contribution in [2.45, 2.75) is 26.4 Å². The highest BCUT2D eigenvalue weighted by Crippen LogP contribution is 2.25. The van der Waals surface area contributed by atoms with E-state index in [1.807, 2.05) is 19.0 Å². The highest BCUT2D eigenvalue weighted by Gasteiger charge is 2.10. The quantitative estimate of drug-likeness (QED) is 0.803. The van der Waals surface area contributed by atoms with Gasteiger partial charge in [0, 0.05) is 14.1 Å². The fourth-order valence-corrected chi connectivity index (χ4v) is 2.01. The molecule has 0 aliphatic rings. The molecule has 1 rings (SSSR count). The first-order valence-electron chi connectivity index (χ1n) is 4.45. The summed E-state index contributed by atoms with van der Waals surface area (Å²) >= 11 is 1.57. The molecule has 0 fully saturated rings. The molecule has 1 aromatic rings. The minimum absolute atomic E-state index is 0.112. The summed E-state index contributed by atoms with van der Waals surface area (Å²) in [4.78, 5) is 7.44. The number of hydrogen-bond donors (Lipinski definition) is 1. The second-order valence-electron chi connectivity index (χ2n) is 3.17. The van der Waals surface area contributed by atoms with E-state index >= 15 is 0 Å². The second-order valence-corrected chi connectivity index (χ2v) is 4.23. The number of hydrogen-bond acceptors (Lipinski definition) is 4. The fraction of sp³-hybridized carbons (Fsp3) is 0.667. The lowest BCUT2D eigenvalue weighted by atomic mass is 10.2. The van der Waals surface area contributed by atoms with E-state index in [4.69, 9.17) is 5.11 Å². The Hall–Kier alpha value is -0.610. The van der Waals surface area contributed by atoms with Crippen molar-refractivity contribution in [2.24, 2.45) is 0 Å². The Balaban J connectivity index is 2.90. The van der Waals surface area contributed by atoms with Crippen LogP contribution in [0.5, 0.6) is 0 Å². The monoisotopic (exact) mass is 200 g/mol. The number of rotatable bonds is 4. The Bertz CT molecular complexity index is 271. The number of aliphatic hydroxyl groups is 1. The second kappa shape index (κ2) is 4.58. The number of anilines is 1. The minimum Gasteiger partial charge on any atom is -0.391 e. The molecule has 0 aromatic carbocycles. The van der Waals surface area contributed by atoms with E-state index in [0.29, 0.717) is 0 Å². The predicted molar refractivity (Wildman–Crippen MR) is 56.4 cm³/mol. The zero-order chi connectivity index (χ0) is 9.84. The molecule has 0 unspecified atom stereocenters. The van der Waals surface area contributed by atoms with Gasteiger partial charge in [-0.3, -0.25) is 0 Å². The number of thiazole rings is 1. The van der Waals surface area contributed by atoms with Gasteiger partial charge in [0.15, 0.2) is 5.13 Å². The average Bonchev–Trinajstić information content (AvgIpc) is 2.48. The zero-order valence-corrected chi connectivity index (χ0v) is 9.19. The number of nitrogens with zero attached hydrogens (tertiary/aromatic N) is 2. The van der Waals surface area contributed by atoms with Crippen molar-refractivity contribution >= 4 is 16.5 Å². The molecule has 0 aliphatic carbocycles. The molecule has 0 saturated heterocycles. The summed E-state index contributed by atoms with van der Waals surface area (Å²) in [6.45, 7) is 2.23.